The maximum Gasteiger partial charge on any atom is 0.264 e. The number of amides is 2. The summed E-state index contributed by atoms with van der Waals surface area (Å²) < 4.78 is 0. The Morgan fingerprint density at radius 2 is 1.90 bits per heavy atom. The molecule has 2 fully saturated rings. The van der Waals surface area contributed by atoms with Gasteiger partial charge in [0.05, 0.1) is 10.8 Å². The zero-order valence-corrected chi connectivity index (χ0v) is 13.4. The van der Waals surface area contributed by atoms with Crippen molar-refractivity contribution >= 4 is 35.6 Å². The predicted octanol–water partition coefficient (Wildman–Crippen LogP) is 1.06. The molecule has 2 amide bonds. The van der Waals surface area contributed by atoms with Crippen LogP contribution < -0.4 is 5.32 Å². The SMILES string of the molecule is Cl.O=C(c1cccs1)N1CCN(C(=O)C2CCNC2)CC1. The predicted molar refractivity (Wildman–Crippen MR) is 85.0 cm³/mol. The number of thiophene rings is 1. The van der Waals surface area contributed by atoms with Gasteiger partial charge >= 0.3 is 0 Å². The van der Waals surface area contributed by atoms with Gasteiger partial charge in [-0.25, -0.2) is 0 Å². The minimum atomic E-state index is 0. The number of halogens is 1. The zero-order valence-electron chi connectivity index (χ0n) is 11.8. The minimum absolute atomic E-state index is 0. The first-order valence-corrected chi connectivity index (χ1v) is 7.96. The summed E-state index contributed by atoms with van der Waals surface area (Å²) in [6.45, 7) is 4.34. The maximum absolute atomic E-state index is 12.3. The van der Waals surface area contributed by atoms with Gasteiger partial charge < -0.3 is 15.1 Å². The summed E-state index contributed by atoms with van der Waals surface area (Å²) in [5.41, 5.74) is 0. The first-order valence-electron chi connectivity index (χ1n) is 7.08. The highest BCUT2D eigenvalue weighted by molar-refractivity contribution is 7.12. The number of hydrogen-bond acceptors (Lipinski definition) is 4. The number of rotatable bonds is 2. The van der Waals surface area contributed by atoms with Crippen LogP contribution in [0.1, 0.15) is 16.1 Å². The lowest BCUT2D eigenvalue weighted by Crippen LogP contribution is -2.52. The minimum Gasteiger partial charge on any atom is -0.339 e. The first kappa shape index (κ1) is 16.3. The van der Waals surface area contributed by atoms with Crippen LogP contribution in [0.25, 0.3) is 0 Å². The van der Waals surface area contributed by atoms with Gasteiger partial charge in [-0.05, 0) is 24.4 Å². The summed E-state index contributed by atoms with van der Waals surface area (Å²) in [5.74, 6) is 0.474. The fourth-order valence-electron chi connectivity index (χ4n) is 2.81. The van der Waals surface area contributed by atoms with E-state index in [0.29, 0.717) is 26.2 Å². The molecule has 0 aliphatic carbocycles. The van der Waals surface area contributed by atoms with E-state index in [-0.39, 0.29) is 30.1 Å². The molecule has 5 nitrogen and oxygen atoms in total. The average molecular weight is 330 g/mol. The van der Waals surface area contributed by atoms with Gasteiger partial charge in [0.1, 0.15) is 0 Å². The Morgan fingerprint density at radius 1 is 1.19 bits per heavy atom. The van der Waals surface area contributed by atoms with Crippen molar-refractivity contribution in [2.24, 2.45) is 5.92 Å². The van der Waals surface area contributed by atoms with Crippen LogP contribution in [-0.2, 0) is 4.79 Å². The number of hydrogen-bond donors (Lipinski definition) is 1. The van der Waals surface area contributed by atoms with Crippen LogP contribution in [0.15, 0.2) is 17.5 Å². The Hall–Kier alpha value is -1.11. The molecule has 116 valence electrons. The molecular weight excluding hydrogens is 310 g/mol. The van der Waals surface area contributed by atoms with E-state index in [9.17, 15) is 9.59 Å². The number of nitrogens with one attached hydrogen (secondary N) is 1. The number of carbonyl (C=O) groups is 2. The standard InChI is InChI=1S/C14H19N3O2S.ClH/c18-13(11-3-4-15-10-11)16-5-7-17(8-6-16)14(19)12-2-1-9-20-12;/h1-2,9,11,15H,3-8,10H2;1H. The molecule has 0 saturated carbocycles. The van der Waals surface area contributed by atoms with Crippen molar-refractivity contribution in [1.82, 2.24) is 15.1 Å². The van der Waals surface area contributed by atoms with E-state index in [1.807, 2.05) is 27.3 Å². The molecule has 2 aliphatic heterocycles. The molecule has 1 unspecified atom stereocenters. The van der Waals surface area contributed by atoms with Crippen LogP contribution in [0.5, 0.6) is 0 Å². The fraction of sp³-hybridized carbons (Fsp3) is 0.571. The van der Waals surface area contributed by atoms with Gasteiger partial charge in [0.25, 0.3) is 5.91 Å². The summed E-state index contributed by atoms with van der Waals surface area (Å²) in [5, 5.41) is 5.14. The number of piperazine rings is 1. The molecule has 0 radical (unpaired) electrons. The number of carbonyl (C=O) groups excluding carboxylic acids is 2. The second kappa shape index (κ2) is 7.24. The quantitative estimate of drug-likeness (QED) is 0.883. The molecule has 0 bridgehead atoms. The molecule has 7 heteroatoms. The maximum atomic E-state index is 12.3. The Kier molecular flexibility index (Phi) is 5.61. The lowest BCUT2D eigenvalue weighted by molar-refractivity contribution is -0.136. The Labute approximate surface area is 134 Å². The van der Waals surface area contributed by atoms with Crippen molar-refractivity contribution in [1.29, 1.82) is 0 Å². The molecule has 3 rings (SSSR count). The molecule has 21 heavy (non-hydrogen) atoms. The van der Waals surface area contributed by atoms with Crippen molar-refractivity contribution in [3.63, 3.8) is 0 Å². The molecule has 1 N–H and O–H groups in total. The van der Waals surface area contributed by atoms with E-state index in [4.69, 9.17) is 0 Å². The average Bonchev–Trinajstić information content (AvgIpc) is 3.18. The highest BCUT2D eigenvalue weighted by Gasteiger charge is 2.30. The second-order valence-corrected chi connectivity index (χ2v) is 6.23. The topological polar surface area (TPSA) is 52.7 Å². The summed E-state index contributed by atoms with van der Waals surface area (Å²) in [6, 6.07) is 3.75. The number of nitrogens with zero attached hydrogens (tertiary/aromatic N) is 2. The zero-order chi connectivity index (χ0) is 13.9. The van der Waals surface area contributed by atoms with Crippen LogP contribution in [0.4, 0.5) is 0 Å². The van der Waals surface area contributed by atoms with E-state index in [1.54, 1.807) is 0 Å². The molecule has 0 spiro atoms. The van der Waals surface area contributed by atoms with E-state index >= 15 is 0 Å². The molecule has 3 heterocycles. The van der Waals surface area contributed by atoms with Crippen molar-refractivity contribution in [2.75, 3.05) is 39.3 Å². The summed E-state index contributed by atoms with van der Waals surface area (Å²) in [7, 11) is 0. The Bertz CT molecular complexity index is 480. The van der Waals surface area contributed by atoms with Crippen molar-refractivity contribution < 1.29 is 9.59 Å². The molecule has 2 saturated heterocycles. The van der Waals surface area contributed by atoms with Crippen LogP contribution >= 0.6 is 23.7 Å². The van der Waals surface area contributed by atoms with Gasteiger partial charge in [-0.1, -0.05) is 6.07 Å². The Balaban J connectivity index is 0.00000161. The van der Waals surface area contributed by atoms with Gasteiger partial charge in [0.15, 0.2) is 0 Å². The van der Waals surface area contributed by atoms with Gasteiger partial charge in [-0.2, -0.15) is 0 Å². The van der Waals surface area contributed by atoms with Gasteiger partial charge in [-0.15, -0.1) is 23.7 Å². The summed E-state index contributed by atoms with van der Waals surface area (Å²) in [4.78, 5) is 29.1. The summed E-state index contributed by atoms with van der Waals surface area (Å²) >= 11 is 1.47. The van der Waals surface area contributed by atoms with Gasteiger partial charge in [0.2, 0.25) is 5.91 Å². The monoisotopic (exact) mass is 329 g/mol. The van der Waals surface area contributed by atoms with Gasteiger partial charge in [-0.3, -0.25) is 9.59 Å². The third-order valence-corrected chi connectivity index (χ3v) is 4.88. The third kappa shape index (κ3) is 3.56. The van der Waals surface area contributed by atoms with Crippen LogP contribution in [-0.4, -0.2) is 60.9 Å². The van der Waals surface area contributed by atoms with Crippen molar-refractivity contribution in [3.8, 4) is 0 Å². The van der Waals surface area contributed by atoms with Crippen molar-refractivity contribution in [2.45, 2.75) is 6.42 Å². The molecule has 1 atom stereocenters. The molecule has 1 aromatic rings. The van der Waals surface area contributed by atoms with Crippen LogP contribution in [0, 0.1) is 5.92 Å². The van der Waals surface area contributed by atoms with E-state index in [1.165, 1.54) is 11.3 Å². The molecular formula is C14H20ClN3O2S. The summed E-state index contributed by atoms with van der Waals surface area (Å²) in [6.07, 6.45) is 0.938. The first-order chi connectivity index (χ1) is 9.75. The van der Waals surface area contributed by atoms with Crippen LogP contribution in [0.3, 0.4) is 0 Å². The Morgan fingerprint density at radius 3 is 2.48 bits per heavy atom. The van der Waals surface area contributed by atoms with Gasteiger partial charge in [0, 0.05) is 32.7 Å². The second-order valence-electron chi connectivity index (χ2n) is 5.28. The molecule has 0 aromatic carbocycles. The lowest BCUT2D eigenvalue weighted by atomic mass is 10.1. The highest BCUT2D eigenvalue weighted by Crippen LogP contribution is 2.16. The van der Waals surface area contributed by atoms with Crippen LogP contribution in [0.2, 0.25) is 0 Å². The normalized spacial score (nSPS) is 22.0. The van der Waals surface area contributed by atoms with E-state index < -0.39 is 0 Å². The highest BCUT2D eigenvalue weighted by atomic mass is 35.5. The van der Waals surface area contributed by atoms with E-state index in [2.05, 4.69) is 5.32 Å². The smallest absolute Gasteiger partial charge is 0.264 e. The largest absolute Gasteiger partial charge is 0.339 e. The van der Waals surface area contributed by atoms with E-state index in [0.717, 1.165) is 24.4 Å². The lowest BCUT2D eigenvalue weighted by Gasteiger charge is -2.35. The fourth-order valence-corrected chi connectivity index (χ4v) is 3.50. The van der Waals surface area contributed by atoms with Crippen molar-refractivity contribution in [3.05, 3.63) is 22.4 Å². The molecule has 1 aromatic heterocycles. The third-order valence-electron chi connectivity index (χ3n) is 4.02. The molecule has 2 aliphatic rings.